The molecule has 0 spiro atoms. The number of hydrogen-bond acceptors (Lipinski definition) is 3. The van der Waals surface area contributed by atoms with Crippen LogP contribution in [0.4, 0.5) is 5.69 Å². The van der Waals surface area contributed by atoms with Crippen molar-refractivity contribution in [3.63, 3.8) is 0 Å². The van der Waals surface area contributed by atoms with Gasteiger partial charge >= 0.3 is 0 Å². The number of fused-ring (bicyclic) bond motifs is 1. The molecule has 0 bridgehead atoms. The third-order valence-electron chi connectivity index (χ3n) is 3.26. The second-order valence-corrected chi connectivity index (χ2v) is 5.94. The van der Waals surface area contributed by atoms with Gasteiger partial charge in [0, 0.05) is 14.6 Å². The fraction of sp³-hybridized carbons (Fsp3) is 0.118. The molecule has 0 radical (unpaired) electrons. The summed E-state index contributed by atoms with van der Waals surface area (Å²) in [7, 11) is 1.67. The first-order valence-electron chi connectivity index (χ1n) is 6.68. The van der Waals surface area contributed by atoms with Gasteiger partial charge in [-0.15, -0.1) is 0 Å². The number of halogens is 1. The molecule has 2 aromatic carbocycles. The summed E-state index contributed by atoms with van der Waals surface area (Å²) in [6.45, 7) is 0.689. The molecule has 0 aliphatic rings. The molecule has 0 atom stereocenters. The van der Waals surface area contributed by atoms with E-state index in [1.807, 2.05) is 30.3 Å². The van der Waals surface area contributed by atoms with E-state index in [1.165, 1.54) is 3.57 Å². The van der Waals surface area contributed by atoms with Crippen molar-refractivity contribution in [2.45, 2.75) is 6.54 Å². The Morgan fingerprint density at radius 1 is 1.10 bits per heavy atom. The van der Waals surface area contributed by atoms with Crippen LogP contribution in [0.15, 0.2) is 54.6 Å². The highest BCUT2D eigenvalue weighted by Gasteiger charge is 2.04. The summed E-state index contributed by atoms with van der Waals surface area (Å²) in [5.74, 6) is 0.809. The average Bonchev–Trinajstić information content (AvgIpc) is 2.52. The summed E-state index contributed by atoms with van der Waals surface area (Å²) >= 11 is 2.31. The molecule has 3 rings (SSSR count). The van der Waals surface area contributed by atoms with E-state index in [1.54, 1.807) is 7.11 Å². The van der Waals surface area contributed by atoms with Gasteiger partial charge in [0.1, 0.15) is 11.3 Å². The molecular weight excluding hydrogens is 375 g/mol. The zero-order chi connectivity index (χ0) is 14.7. The van der Waals surface area contributed by atoms with Crippen LogP contribution in [0.5, 0.6) is 5.75 Å². The quantitative estimate of drug-likeness (QED) is 0.668. The van der Waals surface area contributed by atoms with Crippen LogP contribution in [-0.4, -0.2) is 12.1 Å². The van der Waals surface area contributed by atoms with Gasteiger partial charge in [0.05, 0.1) is 19.3 Å². The van der Waals surface area contributed by atoms with E-state index in [-0.39, 0.29) is 0 Å². The van der Waals surface area contributed by atoms with Gasteiger partial charge in [-0.1, -0.05) is 24.3 Å². The Morgan fingerprint density at radius 3 is 2.76 bits per heavy atom. The van der Waals surface area contributed by atoms with Crippen molar-refractivity contribution < 1.29 is 4.74 Å². The SMILES string of the molecule is COc1cccc2ccc(CNc3cccc(I)c3)nc12. The second kappa shape index (κ2) is 6.30. The number of aromatic nitrogens is 1. The number of methoxy groups -OCH3 is 1. The van der Waals surface area contributed by atoms with Gasteiger partial charge in [-0.2, -0.15) is 0 Å². The average molecular weight is 390 g/mol. The molecule has 1 aromatic heterocycles. The molecular formula is C17H15IN2O. The van der Waals surface area contributed by atoms with Crippen LogP contribution < -0.4 is 10.1 Å². The summed E-state index contributed by atoms with van der Waals surface area (Å²) in [6, 6.07) is 18.4. The number of ether oxygens (including phenoxy) is 1. The highest BCUT2D eigenvalue weighted by molar-refractivity contribution is 14.1. The van der Waals surface area contributed by atoms with Crippen molar-refractivity contribution in [2.24, 2.45) is 0 Å². The Balaban J connectivity index is 1.84. The van der Waals surface area contributed by atoms with E-state index in [9.17, 15) is 0 Å². The molecule has 0 fully saturated rings. The van der Waals surface area contributed by atoms with Gasteiger partial charge in [0.15, 0.2) is 0 Å². The monoisotopic (exact) mass is 390 g/mol. The first-order valence-corrected chi connectivity index (χ1v) is 7.76. The zero-order valence-electron chi connectivity index (χ0n) is 11.6. The van der Waals surface area contributed by atoms with Crippen LogP contribution in [0.1, 0.15) is 5.69 Å². The Hall–Kier alpha value is -1.82. The van der Waals surface area contributed by atoms with Gasteiger partial charge in [0.25, 0.3) is 0 Å². The summed E-state index contributed by atoms with van der Waals surface area (Å²) in [5, 5.41) is 4.49. The normalized spacial score (nSPS) is 10.6. The predicted octanol–water partition coefficient (Wildman–Crippen LogP) is 4.46. The number of para-hydroxylation sites is 1. The number of hydrogen-bond donors (Lipinski definition) is 1. The van der Waals surface area contributed by atoms with Crippen molar-refractivity contribution >= 4 is 39.2 Å². The van der Waals surface area contributed by atoms with Gasteiger partial charge in [-0.3, -0.25) is 0 Å². The van der Waals surface area contributed by atoms with Crippen molar-refractivity contribution in [1.29, 1.82) is 0 Å². The standard InChI is InChI=1S/C17H15IN2O/c1-21-16-7-2-4-12-8-9-15(20-17(12)16)11-19-14-6-3-5-13(18)10-14/h2-10,19H,11H2,1H3. The maximum absolute atomic E-state index is 5.38. The molecule has 1 N–H and O–H groups in total. The lowest BCUT2D eigenvalue weighted by Gasteiger charge is -2.09. The number of benzene rings is 2. The lowest BCUT2D eigenvalue weighted by Crippen LogP contribution is -2.02. The van der Waals surface area contributed by atoms with Crippen molar-refractivity contribution in [3.05, 3.63) is 63.9 Å². The minimum absolute atomic E-state index is 0.689. The lowest BCUT2D eigenvalue weighted by atomic mass is 10.2. The summed E-state index contributed by atoms with van der Waals surface area (Å²) < 4.78 is 6.59. The van der Waals surface area contributed by atoms with Crippen LogP contribution in [0, 0.1) is 3.57 Å². The van der Waals surface area contributed by atoms with Crippen LogP contribution in [0.25, 0.3) is 10.9 Å². The van der Waals surface area contributed by atoms with E-state index in [2.05, 4.69) is 52.2 Å². The van der Waals surface area contributed by atoms with E-state index in [4.69, 9.17) is 9.72 Å². The highest BCUT2D eigenvalue weighted by atomic mass is 127. The molecule has 1 heterocycles. The minimum atomic E-state index is 0.689. The van der Waals surface area contributed by atoms with E-state index >= 15 is 0 Å². The first kappa shape index (κ1) is 14.1. The lowest BCUT2D eigenvalue weighted by molar-refractivity contribution is 0.419. The van der Waals surface area contributed by atoms with E-state index in [0.29, 0.717) is 6.54 Å². The number of pyridine rings is 1. The fourth-order valence-electron chi connectivity index (χ4n) is 2.21. The van der Waals surface area contributed by atoms with Crippen LogP contribution in [-0.2, 0) is 6.54 Å². The fourth-order valence-corrected chi connectivity index (χ4v) is 2.76. The Kier molecular flexibility index (Phi) is 4.24. The molecule has 0 saturated heterocycles. The van der Waals surface area contributed by atoms with Gasteiger partial charge in [-0.25, -0.2) is 4.98 Å². The Labute approximate surface area is 137 Å². The maximum atomic E-state index is 5.38. The molecule has 0 unspecified atom stereocenters. The van der Waals surface area contributed by atoms with Gasteiger partial charge in [-0.05, 0) is 52.9 Å². The molecule has 21 heavy (non-hydrogen) atoms. The topological polar surface area (TPSA) is 34.1 Å². The van der Waals surface area contributed by atoms with Crippen LogP contribution >= 0.6 is 22.6 Å². The predicted molar refractivity (Wildman–Crippen MR) is 94.8 cm³/mol. The molecule has 0 saturated carbocycles. The molecule has 106 valence electrons. The van der Waals surface area contributed by atoms with Crippen LogP contribution in [0.3, 0.4) is 0 Å². The Bertz CT molecular complexity index is 774. The zero-order valence-corrected chi connectivity index (χ0v) is 13.8. The Morgan fingerprint density at radius 2 is 1.95 bits per heavy atom. The summed E-state index contributed by atoms with van der Waals surface area (Å²) in [5.41, 5.74) is 3.00. The van der Waals surface area contributed by atoms with Gasteiger partial charge in [0.2, 0.25) is 0 Å². The number of anilines is 1. The molecule has 3 aromatic rings. The number of rotatable bonds is 4. The van der Waals surface area contributed by atoms with Crippen molar-refractivity contribution in [1.82, 2.24) is 4.98 Å². The number of nitrogens with zero attached hydrogens (tertiary/aromatic N) is 1. The molecule has 0 aliphatic heterocycles. The highest BCUT2D eigenvalue weighted by Crippen LogP contribution is 2.23. The third-order valence-corrected chi connectivity index (χ3v) is 3.93. The molecule has 0 aliphatic carbocycles. The van der Waals surface area contributed by atoms with Crippen molar-refractivity contribution in [2.75, 3.05) is 12.4 Å². The summed E-state index contributed by atoms with van der Waals surface area (Å²) in [6.07, 6.45) is 0. The third kappa shape index (κ3) is 3.26. The minimum Gasteiger partial charge on any atom is -0.494 e. The smallest absolute Gasteiger partial charge is 0.145 e. The first-order chi connectivity index (χ1) is 10.3. The molecule has 4 heteroatoms. The number of nitrogens with one attached hydrogen (secondary N) is 1. The maximum Gasteiger partial charge on any atom is 0.145 e. The van der Waals surface area contributed by atoms with Gasteiger partial charge < -0.3 is 10.1 Å². The molecule has 0 amide bonds. The molecule has 3 nitrogen and oxygen atoms in total. The largest absolute Gasteiger partial charge is 0.494 e. The van der Waals surface area contributed by atoms with E-state index < -0.39 is 0 Å². The van der Waals surface area contributed by atoms with Crippen molar-refractivity contribution in [3.8, 4) is 5.75 Å². The van der Waals surface area contributed by atoms with E-state index in [0.717, 1.165) is 28.0 Å². The van der Waals surface area contributed by atoms with Crippen LogP contribution in [0.2, 0.25) is 0 Å². The second-order valence-electron chi connectivity index (χ2n) is 4.70. The summed E-state index contributed by atoms with van der Waals surface area (Å²) in [4.78, 5) is 4.69.